The van der Waals surface area contributed by atoms with Crippen molar-refractivity contribution in [3.05, 3.63) is 30.3 Å². The van der Waals surface area contributed by atoms with E-state index in [1.807, 2.05) is 57.3 Å². The minimum absolute atomic E-state index is 0.191. The van der Waals surface area contributed by atoms with Crippen LogP contribution in [0.4, 0.5) is 5.69 Å². The van der Waals surface area contributed by atoms with E-state index in [4.69, 9.17) is 14.2 Å². The molecule has 1 unspecified atom stereocenters. The number of unbranched alkanes of at least 4 members (excludes halogenated alkanes) is 5. The van der Waals surface area contributed by atoms with Crippen LogP contribution in [0.15, 0.2) is 35.3 Å². The van der Waals surface area contributed by atoms with Crippen LogP contribution in [-0.4, -0.2) is 32.0 Å². The van der Waals surface area contributed by atoms with Gasteiger partial charge in [-0.05, 0) is 52.2 Å². The van der Waals surface area contributed by atoms with Gasteiger partial charge in [-0.2, -0.15) is 0 Å². The second kappa shape index (κ2) is 16.6. The maximum absolute atomic E-state index is 6.09. The van der Waals surface area contributed by atoms with E-state index in [2.05, 4.69) is 11.9 Å². The molecule has 0 aliphatic rings. The Morgan fingerprint density at radius 1 is 0.793 bits per heavy atom. The fourth-order valence-electron chi connectivity index (χ4n) is 3.71. The molecule has 0 amide bonds. The maximum Gasteiger partial charge on any atom is 0.285 e. The van der Waals surface area contributed by atoms with Crippen LogP contribution in [-0.2, 0) is 14.2 Å². The van der Waals surface area contributed by atoms with Gasteiger partial charge in [-0.3, -0.25) is 4.99 Å². The molecule has 1 aromatic carbocycles. The highest BCUT2D eigenvalue weighted by atomic mass is 16.9. The van der Waals surface area contributed by atoms with Gasteiger partial charge in [0.15, 0.2) is 0 Å². The third-order valence-electron chi connectivity index (χ3n) is 5.08. The molecule has 166 valence electrons. The quantitative estimate of drug-likeness (QED) is 0.146. The summed E-state index contributed by atoms with van der Waals surface area (Å²) in [7, 11) is 0. The van der Waals surface area contributed by atoms with Gasteiger partial charge in [0.25, 0.3) is 5.97 Å². The molecular formula is C25H43NO3. The first-order valence-electron chi connectivity index (χ1n) is 11.7. The summed E-state index contributed by atoms with van der Waals surface area (Å²) in [6.07, 6.45) is 12.6. The van der Waals surface area contributed by atoms with Gasteiger partial charge in [0.1, 0.15) is 0 Å². The monoisotopic (exact) mass is 405 g/mol. The molecule has 0 fully saturated rings. The summed E-state index contributed by atoms with van der Waals surface area (Å²) < 4.78 is 18.3. The van der Waals surface area contributed by atoms with E-state index in [1.54, 1.807) is 0 Å². The Hall–Kier alpha value is -1.23. The maximum atomic E-state index is 6.09. The van der Waals surface area contributed by atoms with Crippen LogP contribution in [0.5, 0.6) is 0 Å². The second-order valence-corrected chi connectivity index (χ2v) is 7.38. The molecule has 0 radical (unpaired) electrons. The van der Waals surface area contributed by atoms with Crippen molar-refractivity contribution in [2.75, 3.05) is 19.8 Å². The third-order valence-corrected chi connectivity index (χ3v) is 5.08. The molecular weight excluding hydrogens is 362 g/mol. The minimum Gasteiger partial charge on any atom is -0.328 e. The standard InChI is InChI=1S/C25H43NO3/c1-5-9-10-11-12-14-18-23(25(27-6-2,28-7-3)29-8-4)19-17-22-26-24-20-15-13-16-21-24/h13,15-16,20-23H,5-12,14,17-19H2,1-4H3. The molecule has 1 rings (SSSR count). The minimum atomic E-state index is -0.942. The third kappa shape index (κ3) is 10.4. The fourth-order valence-corrected chi connectivity index (χ4v) is 3.71. The van der Waals surface area contributed by atoms with Crippen molar-refractivity contribution < 1.29 is 14.2 Å². The number of benzene rings is 1. The number of aliphatic imine (C=N–C) groups is 1. The second-order valence-electron chi connectivity index (χ2n) is 7.38. The average molecular weight is 406 g/mol. The summed E-state index contributed by atoms with van der Waals surface area (Å²) in [6, 6.07) is 10.1. The molecule has 0 aliphatic heterocycles. The topological polar surface area (TPSA) is 40.0 Å². The number of nitrogens with zero attached hydrogens (tertiary/aromatic N) is 1. The lowest BCUT2D eigenvalue weighted by Crippen LogP contribution is -2.46. The Balaban J connectivity index is 2.74. The first kappa shape index (κ1) is 25.8. The summed E-state index contributed by atoms with van der Waals surface area (Å²) in [5, 5.41) is 0. The van der Waals surface area contributed by atoms with Crippen LogP contribution in [0.3, 0.4) is 0 Å². The van der Waals surface area contributed by atoms with Gasteiger partial charge in [0.2, 0.25) is 0 Å². The molecule has 0 N–H and O–H groups in total. The van der Waals surface area contributed by atoms with E-state index in [0.29, 0.717) is 19.8 Å². The van der Waals surface area contributed by atoms with E-state index < -0.39 is 5.97 Å². The zero-order valence-corrected chi connectivity index (χ0v) is 19.2. The number of hydrogen-bond donors (Lipinski definition) is 0. The van der Waals surface area contributed by atoms with Crippen LogP contribution < -0.4 is 0 Å². The van der Waals surface area contributed by atoms with Crippen molar-refractivity contribution in [1.82, 2.24) is 0 Å². The van der Waals surface area contributed by atoms with Crippen LogP contribution in [0.2, 0.25) is 0 Å². The van der Waals surface area contributed by atoms with Crippen molar-refractivity contribution in [2.45, 2.75) is 91.5 Å². The first-order valence-corrected chi connectivity index (χ1v) is 11.7. The summed E-state index contributed by atoms with van der Waals surface area (Å²) >= 11 is 0. The molecule has 0 saturated carbocycles. The number of hydrogen-bond acceptors (Lipinski definition) is 4. The van der Waals surface area contributed by atoms with E-state index in [-0.39, 0.29) is 5.92 Å². The zero-order chi connectivity index (χ0) is 21.2. The van der Waals surface area contributed by atoms with Crippen molar-refractivity contribution >= 4 is 11.9 Å². The van der Waals surface area contributed by atoms with Crippen molar-refractivity contribution in [1.29, 1.82) is 0 Å². The fraction of sp³-hybridized carbons (Fsp3) is 0.720. The smallest absolute Gasteiger partial charge is 0.285 e. The zero-order valence-electron chi connectivity index (χ0n) is 19.2. The number of rotatable bonds is 18. The van der Waals surface area contributed by atoms with Crippen LogP contribution >= 0.6 is 0 Å². The lowest BCUT2D eigenvalue weighted by atomic mass is 9.93. The van der Waals surface area contributed by atoms with Gasteiger partial charge in [-0.15, -0.1) is 0 Å². The van der Waals surface area contributed by atoms with Gasteiger partial charge >= 0.3 is 0 Å². The molecule has 0 aliphatic carbocycles. The largest absolute Gasteiger partial charge is 0.328 e. The summed E-state index contributed by atoms with van der Waals surface area (Å²) in [6.45, 7) is 10.00. The van der Waals surface area contributed by atoms with Crippen molar-refractivity contribution in [2.24, 2.45) is 10.9 Å². The van der Waals surface area contributed by atoms with E-state index in [9.17, 15) is 0 Å². The molecule has 0 heterocycles. The summed E-state index contributed by atoms with van der Waals surface area (Å²) in [5.41, 5.74) is 0.991. The van der Waals surface area contributed by atoms with Crippen LogP contribution in [0, 0.1) is 5.92 Å². The molecule has 0 spiro atoms. The molecule has 0 aromatic heterocycles. The Kier molecular flexibility index (Phi) is 14.7. The van der Waals surface area contributed by atoms with Gasteiger partial charge in [-0.25, -0.2) is 0 Å². The molecule has 1 atom stereocenters. The van der Waals surface area contributed by atoms with Crippen molar-refractivity contribution in [3.8, 4) is 0 Å². The number of para-hydroxylation sites is 1. The SMILES string of the molecule is CCCCCCCCC(CCC=Nc1ccccc1)C(OCC)(OCC)OCC. The molecule has 0 saturated heterocycles. The normalized spacial score (nSPS) is 13.2. The molecule has 1 aromatic rings. The highest BCUT2D eigenvalue weighted by Crippen LogP contribution is 2.34. The molecule has 29 heavy (non-hydrogen) atoms. The van der Waals surface area contributed by atoms with E-state index in [0.717, 1.165) is 24.9 Å². The lowest BCUT2D eigenvalue weighted by molar-refractivity contribution is -0.403. The average Bonchev–Trinajstić information content (AvgIpc) is 2.73. The highest BCUT2D eigenvalue weighted by Gasteiger charge is 2.41. The Bertz CT molecular complexity index is 501. The van der Waals surface area contributed by atoms with Crippen LogP contribution in [0.25, 0.3) is 0 Å². The Labute approximate surface area is 179 Å². The molecule has 4 heteroatoms. The van der Waals surface area contributed by atoms with Gasteiger partial charge in [0, 0.05) is 32.0 Å². The Morgan fingerprint density at radius 2 is 1.38 bits per heavy atom. The highest BCUT2D eigenvalue weighted by molar-refractivity contribution is 5.62. The van der Waals surface area contributed by atoms with Crippen LogP contribution in [0.1, 0.15) is 85.5 Å². The first-order chi connectivity index (χ1) is 14.2. The van der Waals surface area contributed by atoms with E-state index in [1.165, 1.54) is 38.5 Å². The van der Waals surface area contributed by atoms with Crippen molar-refractivity contribution in [3.63, 3.8) is 0 Å². The van der Waals surface area contributed by atoms with Gasteiger partial charge < -0.3 is 14.2 Å². The predicted octanol–water partition coefficient (Wildman–Crippen LogP) is 7.30. The number of ether oxygens (including phenoxy) is 3. The lowest BCUT2D eigenvalue weighted by Gasteiger charge is -2.39. The van der Waals surface area contributed by atoms with Gasteiger partial charge in [-0.1, -0.05) is 63.6 Å². The molecule has 0 bridgehead atoms. The Morgan fingerprint density at radius 3 is 1.97 bits per heavy atom. The van der Waals surface area contributed by atoms with Gasteiger partial charge in [0.05, 0.1) is 5.69 Å². The predicted molar refractivity (Wildman–Crippen MR) is 123 cm³/mol. The van der Waals surface area contributed by atoms with E-state index >= 15 is 0 Å². The summed E-state index contributed by atoms with van der Waals surface area (Å²) in [5.74, 6) is -0.752. The molecule has 4 nitrogen and oxygen atoms in total. The summed E-state index contributed by atoms with van der Waals surface area (Å²) in [4.78, 5) is 4.58.